The molecule has 0 aliphatic carbocycles. The number of ether oxygens (including phenoxy) is 1. The lowest BCUT2D eigenvalue weighted by atomic mass is 9.84. The number of carbonyl (C=O) groups is 3. The minimum absolute atomic E-state index is 0.0673. The number of hydrogen-bond acceptors (Lipinski definition) is 13. The highest BCUT2D eigenvalue weighted by molar-refractivity contribution is 7.80. The summed E-state index contributed by atoms with van der Waals surface area (Å²) in [5, 5.41) is 21.0. The molecule has 2 amide bonds. The van der Waals surface area contributed by atoms with Crippen LogP contribution in [0.2, 0.25) is 0 Å². The van der Waals surface area contributed by atoms with Crippen LogP contribution in [-0.4, -0.2) is 93.4 Å². The molecule has 0 radical (unpaired) electrons. The van der Waals surface area contributed by atoms with Crippen LogP contribution in [0.15, 0.2) is 35.1 Å². The van der Waals surface area contributed by atoms with Gasteiger partial charge in [-0.1, -0.05) is 5.16 Å². The van der Waals surface area contributed by atoms with E-state index in [-0.39, 0.29) is 10.8 Å². The van der Waals surface area contributed by atoms with Crippen molar-refractivity contribution in [3.8, 4) is 5.75 Å². The van der Waals surface area contributed by atoms with Crippen LogP contribution < -0.4 is 25.7 Å². The van der Waals surface area contributed by atoms with E-state index in [2.05, 4.69) is 29.6 Å². The summed E-state index contributed by atoms with van der Waals surface area (Å²) in [7, 11) is -3.04. The predicted molar refractivity (Wildman–Crippen MR) is 155 cm³/mol. The number of pyridine rings is 1. The SMILES string of the molecule is C[n+]1c(CC2CNC2)cn2cc(OCC(ON=C(C(=O)NC3C(=O)N(OS(=O)(=O)O)C3(C)C)c3csc(N)n3)C(=O)O)ccc21. The number of thiazole rings is 1. The number of aryl methyl sites for hydroxylation is 1. The maximum absolute atomic E-state index is 13.2. The summed E-state index contributed by atoms with van der Waals surface area (Å²) < 4.78 is 45.1. The summed E-state index contributed by atoms with van der Waals surface area (Å²) in [5.74, 6) is -2.50. The number of carbonyl (C=O) groups excluding carboxylic acids is 2. The fraction of sp³-hybridized carbons (Fsp3) is 0.440. The molecule has 45 heavy (non-hydrogen) atoms. The van der Waals surface area contributed by atoms with Crippen LogP contribution in [0.25, 0.3) is 5.65 Å². The largest absolute Gasteiger partial charge is 0.485 e. The second-order valence-electron chi connectivity index (χ2n) is 11.0. The monoisotopic (exact) mass is 667 g/mol. The summed E-state index contributed by atoms with van der Waals surface area (Å²) in [6, 6.07) is 2.21. The van der Waals surface area contributed by atoms with E-state index in [1.165, 1.54) is 19.2 Å². The molecule has 3 aromatic rings. The molecule has 2 saturated heterocycles. The molecule has 0 saturated carbocycles. The number of aromatic nitrogens is 3. The number of rotatable bonds is 13. The van der Waals surface area contributed by atoms with E-state index in [1.807, 2.05) is 23.7 Å². The highest BCUT2D eigenvalue weighted by Crippen LogP contribution is 2.33. The second-order valence-corrected chi connectivity index (χ2v) is 12.9. The topological polar surface area (TPSA) is 240 Å². The number of aliphatic carboxylic acids is 1. The Labute approximate surface area is 260 Å². The van der Waals surface area contributed by atoms with Gasteiger partial charge in [0.1, 0.15) is 36.4 Å². The third-order valence-corrected chi connectivity index (χ3v) is 8.41. The molecule has 2 aliphatic heterocycles. The molecule has 3 aromatic heterocycles. The number of oxime groups is 1. The first kappa shape index (κ1) is 32.0. The third kappa shape index (κ3) is 6.83. The zero-order valence-electron chi connectivity index (χ0n) is 24.2. The highest BCUT2D eigenvalue weighted by atomic mass is 32.3. The van der Waals surface area contributed by atoms with Crippen LogP contribution >= 0.6 is 11.3 Å². The van der Waals surface area contributed by atoms with Gasteiger partial charge in [-0.3, -0.25) is 14.1 Å². The van der Waals surface area contributed by atoms with Crippen LogP contribution in [0.1, 0.15) is 25.2 Å². The van der Waals surface area contributed by atoms with E-state index in [0.717, 1.165) is 42.2 Å². The van der Waals surface area contributed by atoms with Gasteiger partial charge >= 0.3 is 16.4 Å². The normalized spacial score (nSPS) is 19.1. The average molecular weight is 668 g/mol. The maximum Gasteiger partial charge on any atom is 0.418 e. The van der Waals surface area contributed by atoms with Gasteiger partial charge in [-0.15, -0.1) is 15.6 Å². The summed E-state index contributed by atoms with van der Waals surface area (Å²) in [5.41, 5.74) is 5.75. The molecule has 18 nitrogen and oxygen atoms in total. The van der Waals surface area contributed by atoms with Gasteiger partial charge in [0, 0.05) is 17.9 Å². The van der Waals surface area contributed by atoms with Crippen molar-refractivity contribution in [2.75, 3.05) is 25.4 Å². The summed E-state index contributed by atoms with van der Waals surface area (Å²) in [4.78, 5) is 46.9. The second kappa shape index (κ2) is 12.2. The van der Waals surface area contributed by atoms with Crippen LogP contribution in [0.4, 0.5) is 5.13 Å². The van der Waals surface area contributed by atoms with E-state index in [1.54, 1.807) is 12.3 Å². The Hall–Kier alpha value is -4.37. The predicted octanol–water partition coefficient (Wildman–Crippen LogP) is -1.34. The molecule has 2 unspecified atom stereocenters. The zero-order valence-corrected chi connectivity index (χ0v) is 25.9. The first-order valence-corrected chi connectivity index (χ1v) is 15.7. The molecule has 6 N–H and O–H groups in total. The van der Waals surface area contributed by atoms with Gasteiger partial charge in [-0.05, 0) is 38.9 Å². The number of nitrogen functional groups attached to an aromatic ring is 1. The van der Waals surface area contributed by atoms with Crippen molar-refractivity contribution in [3.63, 3.8) is 0 Å². The van der Waals surface area contributed by atoms with Crippen LogP contribution in [0.5, 0.6) is 5.75 Å². The minimum atomic E-state index is -5.01. The van der Waals surface area contributed by atoms with E-state index in [4.69, 9.17) is 19.9 Å². The van der Waals surface area contributed by atoms with E-state index in [9.17, 15) is 27.9 Å². The Balaban J connectivity index is 1.29. The van der Waals surface area contributed by atoms with E-state index < -0.39 is 58.2 Å². The molecule has 0 spiro atoms. The van der Waals surface area contributed by atoms with Crippen molar-refractivity contribution in [3.05, 3.63) is 41.3 Å². The van der Waals surface area contributed by atoms with Crippen molar-refractivity contribution < 1.29 is 50.9 Å². The van der Waals surface area contributed by atoms with Crippen molar-refractivity contribution in [1.29, 1.82) is 0 Å². The Morgan fingerprint density at radius 3 is 2.64 bits per heavy atom. The molecule has 5 rings (SSSR count). The molecule has 2 fully saturated rings. The minimum Gasteiger partial charge on any atom is -0.485 e. The number of hydroxylamine groups is 2. The number of fused-ring (bicyclic) bond motifs is 1. The van der Waals surface area contributed by atoms with Crippen LogP contribution in [-0.2, 0) is 47.4 Å². The van der Waals surface area contributed by atoms with Gasteiger partial charge in [0.25, 0.3) is 23.6 Å². The number of hydrogen-bond donors (Lipinski definition) is 5. The van der Waals surface area contributed by atoms with Crippen LogP contribution in [0, 0.1) is 5.92 Å². The first-order valence-electron chi connectivity index (χ1n) is 13.5. The highest BCUT2D eigenvalue weighted by Gasteiger charge is 2.58. The number of nitrogens with one attached hydrogen (secondary N) is 2. The summed E-state index contributed by atoms with van der Waals surface area (Å²) >= 11 is 0.967. The van der Waals surface area contributed by atoms with Gasteiger partial charge in [0.15, 0.2) is 16.6 Å². The number of nitrogens with two attached hydrogens (primary N) is 1. The Morgan fingerprint density at radius 1 is 1.33 bits per heavy atom. The number of amides is 2. The Morgan fingerprint density at radius 2 is 2.07 bits per heavy atom. The van der Waals surface area contributed by atoms with E-state index in [0.29, 0.717) is 16.7 Å². The van der Waals surface area contributed by atoms with E-state index >= 15 is 0 Å². The molecule has 20 heteroatoms. The number of β-lactam (4-membered cyclic amide) rings is 1. The number of anilines is 1. The Kier molecular flexibility index (Phi) is 8.68. The van der Waals surface area contributed by atoms with Crippen molar-refractivity contribution in [2.24, 2.45) is 18.1 Å². The van der Waals surface area contributed by atoms with Gasteiger partial charge in [0.05, 0.1) is 12.6 Å². The molecular formula is C25H31N8O10S2+. The first-order chi connectivity index (χ1) is 21.1. The lowest BCUT2D eigenvalue weighted by Gasteiger charge is -2.50. The molecule has 242 valence electrons. The molecule has 0 bridgehead atoms. The average Bonchev–Trinajstić information content (AvgIpc) is 3.50. The molecule has 0 aromatic carbocycles. The summed E-state index contributed by atoms with van der Waals surface area (Å²) in [6.45, 7) is 4.20. The zero-order chi connectivity index (χ0) is 32.7. The fourth-order valence-electron chi connectivity index (χ4n) is 4.79. The molecular weight excluding hydrogens is 636 g/mol. The van der Waals surface area contributed by atoms with Gasteiger partial charge in [-0.2, -0.15) is 17.9 Å². The van der Waals surface area contributed by atoms with Crippen molar-refractivity contribution >= 4 is 56.0 Å². The number of carboxylic acid groups (broad SMARTS) is 1. The molecule has 5 heterocycles. The number of nitrogens with zero attached hydrogens (tertiary/aromatic N) is 5. The Bertz CT molecular complexity index is 1780. The maximum atomic E-state index is 13.2. The quantitative estimate of drug-likeness (QED) is 0.0467. The van der Waals surface area contributed by atoms with Crippen molar-refractivity contribution in [2.45, 2.75) is 38.0 Å². The number of carboxylic acids is 1. The molecule has 2 atom stereocenters. The van der Waals surface area contributed by atoms with Gasteiger partial charge < -0.3 is 31.0 Å². The third-order valence-electron chi connectivity index (χ3n) is 7.40. The standard InChI is InChI=1S/C25H30N8O10S2/c1-25(2)20(22(35)33(25)43-45(38,39)40)29-21(34)19(16-12-44-24(26)28-16)30-42-17(23(36)37)11-41-15-4-5-18-31(3)14(9-32(18)10-15)6-13-7-27-8-13/h4-5,9-10,12-13,17,20,27H,6-8,11H2,1-3H3,(H4-,26,28,29,34,36,37,38,39,40)/p+1. The van der Waals surface area contributed by atoms with Crippen molar-refractivity contribution in [1.82, 2.24) is 25.1 Å². The summed E-state index contributed by atoms with van der Waals surface area (Å²) in [6.07, 6.45) is 2.95. The molecule has 2 aliphatic rings. The lowest BCUT2D eigenvalue weighted by Crippen LogP contribution is -2.76. The van der Waals surface area contributed by atoms with Gasteiger partial charge in [-0.25, -0.2) is 14.3 Å². The lowest BCUT2D eigenvalue weighted by molar-refractivity contribution is -0.652. The van der Waals surface area contributed by atoms with Gasteiger partial charge in [0.2, 0.25) is 0 Å². The van der Waals surface area contributed by atoms with Crippen LogP contribution in [0.3, 0.4) is 0 Å². The number of imidazole rings is 1. The smallest absolute Gasteiger partial charge is 0.418 e. The fourth-order valence-corrected chi connectivity index (χ4v) is 5.79.